The van der Waals surface area contributed by atoms with Crippen molar-refractivity contribution in [2.45, 2.75) is 58.4 Å². The van der Waals surface area contributed by atoms with Gasteiger partial charge in [0.25, 0.3) is 0 Å². The van der Waals surface area contributed by atoms with Gasteiger partial charge in [0.05, 0.1) is 30.5 Å². The van der Waals surface area contributed by atoms with Crippen LogP contribution >= 0.6 is 0 Å². The van der Waals surface area contributed by atoms with Crippen LogP contribution in [0.4, 0.5) is 5.69 Å². The zero-order chi connectivity index (χ0) is 28.0. The molecule has 0 N–H and O–H groups in total. The highest BCUT2D eigenvalue weighted by molar-refractivity contribution is 5.94. The van der Waals surface area contributed by atoms with Crippen LogP contribution in [0.3, 0.4) is 0 Å². The first kappa shape index (κ1) is 30.0. The van der Waals surface area contributed by atoms with Crippen molar-refractivity contribution in [2.75, 3.05) is 44.4 Å². The van der Waals surface area contributed by atoms with Crippen molar-refractivity contribution in [3.8, 4) is 12.8 Å². The van der Waals surface area contributed by atoms with Crippen molar-refractivity contribution < 1.29 is 19.1 Å². The lowest BCUT2D eigenvalue weighted by Gasteiger charge is -2.29. The molecule has 39 heavy (non-hydrogen) atoms. The third-order valence-electron chi connectivity index (χ3n) is 7.46. The third-order valence-corrected chi connectivity index (χ3v) is 7.46. The molecule has 4 rings (SSSR count). The second kappa shape index (κ2) is 15.7. The molecule has 8 heteroatoms. The number of likely N-dealkylation sites (tertiary alicyclic amines) is 2. The van der Waals surface area contributed by atoms with Gasteiger partial charge in [-0.1, -0.05) is 19.4 Å². The molecule has 2 atom stereocenters. The van der Waals surface area contributed by atoms with Gasteiger partial charge in [-0.05, 0) is 68.4 Å². The van der Waals surface area contributed by atoms with Crippen LogP contribution in [0.15, 0.2) is 60.3 Å². The standard InChI is InChI=1S/C29H40N4O4.C2H2/c1-3-4-15-33(27-7-5-13-30-19-27)29(35)21-32-20-25(24-10-9-23(2)37-22-36-17-12-24)18-26(32)11-16-31-14-6-8-28(31)34;1-2/h5,7,9-10,12-13,17,19,25-26H,3-4,6,8,11,14-16,18,20-22H2,1-2H3;1-2H/b17-12+,23-9+,24-10+;/t25?,26-;/m0./s1. The second-order valence-electron chi connectivity index (χ2n) is 10.1. The number of pyridine rings is 1. The number of carbonyl (C=O) groups excluding carboxylic acids is 2. The molecule has 8 nitrogen and oxygen atoms in total. The van der Waals surface area contributed by atoms with Crippen LogP contribution in [-0.4, -0.2) is 72.2 Å². The first-order chi connectivity index (χ1) is 19.0. The Morgan fingerprint density at radius 3 is 2.85 bits per heavy atom. The van der Waals surface area contributed by atoms with E-state index in [-0.39, 0.29) is 30.6 Å². The van der Waals surface area contributed by atoms with Gasteiger partial charge in [-0.25, -0.2) is 0 Å². The fourth-order valence-corrected chi connectivity index (χ4v) is 5.33. The topological polar surface area (TPSA) is 75.2 Å². The van der Waals surface area contributed by atoms with E-state index >= 15 is 0 Å². The molecule has 3 aliphatic rings. The SMILES string of the molecule is C#C.CCCCN(C(=O)CN1CC(C2=C/C=C(\C)OCO\C=C\2)C[C@@H]1CCN1CCCC1=O)c1cccnc1. The quantitative estimate of drug-likeness (QED) is 0.411. The zero-order valence-corrected chi connectivity index (χ0v) is 23.3. The van der Waals surface area contributed by atoms with Gasteiger partial charge in [0, 0.05) is 44.8 Å². The second-order valence-corrected chi connectivity index (χ2v) is 10.1. The van der Waals surface area contributed by atoms with Gasteiger partial charge in [0.1, 0.15) is 0 Å². The third kappa shape index (κ3) is 8.72. The molecule has 2 saturated heterocycles. The van der Waals surface area contributed by atoms with Crippen molar-refractivity contribution in [1.82, 2.24) is 14.8 Å². The zero-order valence-electron chi connectivity index (χ0n) is 23.3. The van der Waals surface area contributed by atoms with E-state index in [0.717, 1.165) is 68.8 Å². The number of terminal acetylenes is 1. The first-order valence-electron chi connectivity index (χ1n) is 13.9. The van der Waals surface area contributed by atoms with E-state index in [4.69, 9.17) is 9.47 Å². The number of allylic oxidation sites excluding steroid dienone is 4. The highest BCUT2D eigenvalue weighted by Crippen LogP contribution is 2.32. The molecular weight excluding hydrogens is 492 g/mol. The number of carbonyl (C=O) groups is 2. The minimum Gasteiger partial charge on any atom is -0.465 e. The van der Waals surface area contributed by atoms with E-state index in [1.807, 2.05) is 41.0 Å². The van der Waals surface area contributed by atoms with Crippen molar-refractivity contribution in [3.05, 3.63) is 60.3 Å². The van der Waals surface area contributed by atoms with Gasteiger partial charge >= 0.3 is 0 Å². The van der Waals surface area contributed by atoms with Crippen LogP contribution in [-0.2, 0) is 19.1 Å². The van der Waals surface area contributed by atoms with E-state index in [1.165, 1.54) is 0 Å². The maximum Gasteiger partial charge on any atom is 0.241 e. The van der Waals surface area contributed by atoms with Crippen LogP contribution in [0, 0.1) is 18.8 Å². The monoisotopic (exact) mass is 534 g/mol. The van der Waals surface area contributed by atoms with Gasteiger partial charge in [-0.15, -0.1) is 12.8 Å². The predicted molar refractivity (Wildman–Crippen MR) is 153 cm³/mol. The number of rotatable bonds is 10. The van der Waals surface area contributed by atoms with Crippen molar-refractivity contribution in [1.29, 1.82) is 0 Å². The van der Waals surface area contributed by atoms with E-state index in [0.29, 0.717) is 19.5 Å². The Bertz CT molecular complexity index is 1050. The van der Waals surface area contributed by atoms with Crippen LogP contribution < -0.4 is 4.90 Å². The van der Waals surface area contributed by atoms with E-state index < -0.39 is 0 Å². The van der Waals surface area contributed by atoms with Crippen molar-refractivity contribution in [2.24, 2.45) is 5.92 Å². The number of hydrogen-bond acceptors (Lipinski definition) is 6. The molecule has 0 aromatic carbocycles. The average molecular weight is 535 g/mol. The van der Waals surface area contributed by atoms with Crippen LogP contribution in [0.1, 0.15) is 52.4 Å². The molecule has 210 valence electrons. The first-order valence-corrected chi connectivity index (χ1v) is 13.9. The molecule has 0 spiro atoms. The lowest BCUT2D eigenvalue weighted by molar-refractivity contribution is -0.128. The summed E-state index contributed by atoms with van der Waals surface area (Å²) in [6, 6.07) is 4.04. The average Bonchev–Trinajstić information content (AvgIpc) is 3.57. The van der Waals surface area contributed by atoms with Crippen LogP contribution in [0.2, 0.25) is 0 Å². The Balaban J connectivity index is 0.00000205. The summed E-state index contributed by atoms with van der Waals surface area (Å²) in [5, 5.41) is 0. The van der Waals surface area contributed by atoms with Gasteiger partial charge in [-0.3, -0.25) is 19.5 Å². The minimum atomic E-state index is 0.0933. The van der Waals surface area contributed by atoms with Crippen LogP contribution in [0.5, 0.6) is 0 Å². The molecule has 0 bridgehead atoms. The molecule has 2 amide bonds. The summed E-state index contributed by atoms with van der Waals surface area (Å²) in [6.45, 7) is 7.64. The number of anilines is 1. The maximum atomic E-state index is 13.7. The van der Waals surface area contributed by atoms with Gasteiger partial charge in [-0.2, -0.15) is 0 Å². The molecule has 0 aliphatic carbocycles. The summed E-state index contributed by atoms with van der Waals surface area (Å²) in [6.07, 6.45) is 24.6. The fourth-order valence-electron chi connectivity index (χ4n) is 5.33. The molecule has 3 aliphatic heterocycles. The number of unbranched alkanes of at least 4 members (excludes halogenated alkanes) is 1. The van der Waals surface area contributed by atoms with Crippen molar-refractivity contribution in [3.63, 3.8) is 0 Å². The molecule has 1 aromatic rings. The normalized spacial score (nSPS) is 24.8. The molecule has 2 fully saturated rings. The summed E-state index contributed by atoms with van der Waals surface area (Å²) in [5.74, 6) is 1.41. The Kier molecular flexibility index (Phi) is 12.1. The van der Waals surface area contributed by atoms with E-state index in [9.17, 15) is 9.59 Å². The molecule has 0 radical (unpaired) electrons. The van der Waals surface area contributed by atoms with E-state index in [1.54, 1.807) is 18.7 Å². The molecule has 0 saturated carbocycles. The predicted octanol–water partition coefficient (Wildman–Crippen LogP) is 4.52. The van der Waals surface area contributed by atoms with Crippen molar-refractivity contribution >= 4 is 17.5 Å². The lowest BCUT2D eigenvalue weighted by atomic mass is 9.94. The minimum absolute atomic E-state index is 0.0933. The summed E-state index contributed by atoms with van der Waals surface area (Å²) in [5.41, 5.74) is 2.01. The summed E-state index contributed by atoms with van der Waals surface area (Å²) >= 11 is 0. The van der Waals surface area contributed by atoms with Gasteiger partial charge in [0.2, 0.25) is 18.6 Å². The Hall–Kier alpha value is -3.57. The Morgan fingerprint density at radius 1 is 1.28 bits per heavy atom. The molecule has 4 heterocycles. The number of ether oxygens (including phenoxy) is 2. The molecule has 1 aromatic heterocycles. The summed E-state index contributed by atoms with van der Waals surface area (Å²) in [7, 11) is 0. The van der Waals surface area contributed by atoms with E-state index in [2.05, 4.69) is 35.7 Å². The van der Waals surface area contributed by atoms with Gasteiger partial charge in [0.15, 0.2) is 0 Å². The number of aromatic nitrogens is 1. The Morgan fingerprint density at radius 2 is 2.13 bits per heavy atom. The largest absolute Gasteiger partial charge is 0.465 e. The lowest BCUT2D eigenvalue weighted by Crippen LogP contribution is -2.44. The number of nitrogens with zero attached hydrogens (tertiary/aromatic N) is 4. The summed E-state index contributed by atoms with van der Waals surface area (Å²) < 4.78 is 11.0. The highest BCUT2D eigenvalue weighted by atomic mass is 16.7. The fraction of sp³-hybridized carbons (Fsp3) is 0.516. The molecule has 1 unspecified atom stereocenters. The number of hydrogen-bond donors (Lipinski definition) is 0. The van der Waals surface area contributed by atoms with Gasteiger partial charge < -0.3 is 19.3 Å². The smallest absolute Gasteiger partial charge is 0.241 e. The number of amides is 2. The maximum absolute atomic E-state index is 13.7. The highest BCUT2D eigenvalue weighted by Gasteiger charge is 2.36. The Labute approximate surface area is 233 Å². The van der Waals surface area contributed by atoms with Crippen LogP contribution in [0.25, 0.3) is 0 Å². The summed E-state index contributed by atoms with van der Waals surface area (Å²) in [4.78, 5) is 36.3. The molecular formula is C31H42N4O4.